The summed E-state index contributed by atoms with van der Waals surface area (Å²) in [4.78, 5) is 43.3. The standard InChI is InChI=1S/C60H65NO16/c1-59(2,3)77-55(63)51-49(69-35-40-21-11-6-12-22-40)50(70-36-41-23-13-7-14-24-41)52(74-54(62)44-29-19-10-20-30-44)56(76-51)75-48-47(39-68-46-33-31-45(66-4)32-34-46)73-57(67-5)60(65,53(48)71-37-42-25-15-8-16-26-42)61-58(64)72-38-43-27-17-9-18-28-43/h6-34,47-53,56-57,65H,35-39H2,1-5H3,(H,61,64)/t47-,48-,49+,50+,51+,52-,53+,56-,57+,60-/m1/s1. The molecule has 0 spiro atoms. The van der Waals surface area contributed by atoms with Crippen LogP contribution in [0, 0.1) is 0 Å². The average Bonchev–Trinajstić information content (AvgIpc) is 3.45. The molecule has 0 unspecified atom stereocenters. The lowest BCUT2D eigenvalue weighted by atomic mass is 9.92. The van der Waals surface area contributed by atoms with E-state index in [1.807, 2.05) is 97.1 Å². The van der Waals surface area contributed by atoms with Crippen LogP contribution in [0.2, 0.25) is 0 Å². The highest BCUT2D eigenvalue weighted by Crippen LogP contribution is 2.39. The van der Waals surface area contributed by atoms with Gasteiger partial charge in [0.15, 0.2) is 18.5 Å². The molecule has 10 atom stereocenters. The van der Waals surface area contributed by atoms with Gasteiger partial charge in [-0.15, -0.1) is 0 Å². The number of hydrogen-bond donors (Lipinski definition) is 2. The van der Waals surface area contributed by atoms with Gasteiger partial charge in [-0.25, -0.2) is 14.4 Å². The summed E-state index contributed by atoms with van der Waals surface area (Å²) in [5, 5.41) is 15.7. The molecule has 0 bridgehead atoms. The number of amides is 1. The van der Waals surface area contributed by atoms with Crippen molar-refractivity contribution in [3.8, 4) is 11.5 Å². The maximum atomic E-state index is 14.8. The fourth-order valence-electron chi connectivity index (χ4n) is 8.75. The second-order valence-corrected chi connectivity index (χ2v) is 19.3. The lowest BCUT2D eigenvalue weighted by Gasteiger charge is -2.52. The van der Waals surface area contributed by atoms with Gasteiger partial charge in [0.25, 0.3) is 0 Å². The van der Waals surface area contributed by atoms with Crippen molar-refractivity contribution in [1.82, 2.24) is 5.32 Å². The van der Waals surface area contributed by atoms with Crippen molar-refractivity contribution in [2.45, 2.75) is 114 Å². The minimum atomic E-state index is -2.63. The summed E-state index contributed by atoms with van der Waals surface area (Å²) in [6.45, 7) is 4.42. The summed E-state index contributed by atoms with van der Waals surface area (Å²) in [6.07, 6.45) is -14.9. The van der Waals surface area contributed by atoms with Crippen LogP contribution in [0.3, 0.4) is 0 Å². The monoisotopic (exact) mass is 1060 g/mol. The Balaban J connectivity index is 1.25. The van der Waals surface area contributed by atoms with E-state index in [0.29, 0.717) is 22.6 Å². The van der Waals surface area contributed by atoms with Gasteiger partial charge in [-0.2, -0.15) is 0 Å². The predicted octanol–water partition coefficient (Wildman–Crippen LogP) is 8.49. The van der Waals surface area contributed by atoms with E-state index in [9.17, 15) is 19.5 Å². The molecule has 406 valence electrons. The summed E-state index contributed by atoms with van der Waals surface area (Å²) in [7, 11) is 2.82. The number of benzene rings is 6. The van der Waals surface area contributed by atoms with Gasteiger partial charge in [0.05, 0.1) is 32.5 Å². The largest absolute Gasteiger partial charge is 0.497 e. The van der Waals surface area contributed by atoms with Crippen LogP contribution in [0.25, 0.3) is 0 Å². The maximum absolute atomic E-state index is 14.8. The zero-order valence-corrected chi connectivity index (χ0v) is 43.5. The van der Waals surface area contributed by atoms with Gasteiger partial charge in [0, 0.05) is 7.11 Å². The Hall–Kier alpha value is -7.19. The van der Waals surface area contributed by atoms with E-state index in [1.165, 1.54) is 7.11 Å². The highest BCUT2D eigenvalue weighted by atomic mass is 16.8. The number of aliphatic hydroxyl groups is 1. The minimum Gasteiger partial charge on any atom is -0.497 e. The number of carbonyl (C=O) groups excluding carboxylic acids is 3. The number of carbonyl (C=O) groups is 3. The van der Waals surface area contributed by atoms with Crippen molar-refractivity contribution < 1.29 is 76.3 Å². The molecule has 6 aromatic carbocycles. The summed E-state index contributed by atoms with van der Waals surface area (Å²) in [6, 6.07) is 51.7. The molecule has 8 rings (SSSR count). The van der Waals surface area contributed by atoms with Crippen molar-refractivity contribution in [3.05, 3.63) is 204 Å². The molecular formula is C60H65NO16. The molecule has 17 nitrogen and oxygen atoms in total. The molecule has 2 N–H and O–H groups in total. The summed E-state index contributed by atoms with van der Waals surface area (Å²) >= 11 is 0. The first kappa shape index (κ1) is 56.0. The SMILES string of the molecule is COc1ccc(OC[C@H]2O[C@H](OC)[C@@](O)(NC(=O)OCc3ccccc3)[C@@H](OCc3ccccc3)[C@@H]2O[C@@H]2O[C@H](C(=O)OC(C)(C)C)[C@@H](OCc3ccccc3)[C@H](OCc3ccccc3)[C@H]2OC(=O)c2ccccc2)cc1. The van der Waals surface area contributed by atoms with Crippen LogP contribution in [-0.2, 0) is 78.6 Å². The van der Waals surface area contributed by atoms with E-state index in [0.717, 1.165) is 11.1 Å². The van der Waals surface area contributed by atoms with Crippen molar-refractivity contribution in [2.24, 2.45) is 0 Å². The van der Waals surface area contributed by atoms with E-state index >= 15 is 0 Å². The molecular weight excluding hydrogens is 991 g/mol. The van der Waals surface area contributed by atoms with Gasteiger partial charge in [-0.3, -0.25) is 5.32 Å². The Morgan fingerprint density at radius 2 is 1.08 bits per heavy atom. The third-order valence-corrected chi connectivity index (χ3v) is 12.5. The Kier molecular flexibility index (Phi) is 19.4. The Labute approximate surface area is 448 Å². The molecule has 0 saturated carbocycles. The molecule has 2 aliphatic heterocycles. The van der Waals surface area contributed by atoms with Crippen molar-refractivity contribution >= 4 is 18.0 Å². The molecule has 77 heavy (non-hydrogen) atoms. The molecule has 17 heteroatoms. The number of nitrogens with one attached hydrogen (secondary N) is 1. The fraction of sp³-hybridized carbons (Fsp3) is 0.350. The second kappa shape index (κ2) is 26.7. The number of methoxy groups -OCH3 is 2. The molecule has 1 amide bonds. The summed E-state index contributed by atoms with van der Waals surface area (Å²) in [5.74, 6) is -0.667. The molecule has 2 aliphatic rings. The smallest absolute Gasteiger partial charge is 0.409 e. The van der Waals surface area contributed by atoms with Gasteiger partial charge in [-0.05, 0) is 79.4 Å². The molecule has 0 radical (unpaired) electrons. The highest BCUT2D eigenvalue weighted by molar-refractivity contribution is 5.89. The third kappa shape index (κ3) is 15.3. The van der Waals surface area contributed by atoms with Crippen LogP contribution < -0.4 is 14.8 Å². The highest BCUT2D eigenvalue weighted by Gasteiger charge is 2.62. The normalized spacial score (nSPS) is 24.2. The first-order valence-electron chi connectivity index (χ1n) is 25.2. The van der Waals surface area contributed by atoms with Gasteiger partial charge in [-0.1, -0.05) is 140 Å². The van der Waals surface area contributed by atoms with Crippen molar-refractivity contribution in [1.29, 1.82) is 0 Å². The first-order chi connectivity index (χ1) is 37.3. The quantitative estimate of drug-likeness (QED) is 0.0373. The number of rotatable bonds is 22. The maximum Gasteiger partial charge on any atom is 0.409 e. The van der Waals surface area contributed by atoms with Gasteiger partial charge in [0.1, 0.15) is 60.8 Å². The summed E-state index contributed by atoms with van der Waals surface area (Å²) < 4.78 is 76.4. The molecule has 2 fully saturated rings. The van der Waals surface area contributed by atoms with Crippen LogP contribution >= 0.6 is 0 Å². The fourth-order valence-corrected chi connectivity index (χ4v) is 8.75. The van der Waals surface area contributed by atoms with Gasteiger partial charge in [0.2, 0.25) is 12.0 Å². The Morgan fingerprint density at radius 3 is 1.60 bits per heavy atom. The summed E-state index contributed by atoms with van der Waals surface area (Å²) in [5.41, 5.74) is -0.629. The number of esters is 2. The molecule has 0 aliphatic carbocycles. The Morgan fingerprint density at radius 1 is 0.584 bits per heavy atom. The first-order valence-corrected chi connectivity index (χ1v) is 25.2. The van der Waals surface area contributed by atoms with E-state index < -0.39 is 84.7 Å². The zero-order valence-electron chi connectivity index (χ0n) is 43.5. The molecule has 2 saturated heterocycles. The average molecular weight is 1060 g/mol. The van der Waals surface area contributed by atoms with Gasteiger partial charge < -0.3 is 61.9 Å². The number of ether oxygens (including phenoxy) is 12. The van der Waals surface area contributed by atoms with Crippen LogP contribution in [0.4, 0.5) is 4.79 Å². The van der Waals surface area contributed by atoms with Crippen molar-refractivity contribution in [3.63, 3.8) is 0 Å². The molecule has 0 aromatic heterocycles. The zero-order chi connectivity index (χ0) is 54.2. The van der Waals surface area contributed by atoms with E-state index in [4.69, 9.17) is 56.8 Å². The van der Waals surface area contributed by atoms with Crippen LogP contribution in [-0.4, -0.2) is 111 Å². The van der Waals surface area contributed by atoms with Crippen molar-refractivity contribution in [2.75, 3.05) is 20.8 Å². The van der Waals surface area contributed by atoms with E-state index in [-0.39, 0.29) is 38.6 Å². The van der Waals surface area contributed by atoms with E-state index in [1.54, 1.807) is 107 Å². The number of hydrogen-bond acceptors (Lipinski definition) is 16. The Bertz CT molecular complexity index is 2750. The predicted molar refractivity (Wildman–Crippen MR) is 279 cm³/mol. The van der Waals surface area contributed by atoms with Crippen LogP contribution in [0.5, 0.6) is 11.5 Å². The van der Waals surface area contributed by atoms with Crippen LogP contribution in [0.1, 0.15) is 53.4 Å². The lowest BCUT2D eigenvalue weighted by Crippen LogP contribution is -2.75. The molecule has 6 aromatic rings. The third-order valence-electron chi connectivity index (χ3n) is 12.5. The second-order valence-electron chi connectivity index (χ2n) is 19.3. The van der Waals surface area contributed by atoms with E-state index in [2.05, 4.69) is 5.32 Å². The minimum absolute atomic E-state index is 0.0294. The molecule has 2 heterocycles. The van der Waals surface area contributed by atoms with Crippen LogP contribution in [0.15, 0.2) is 176 Å². The number of alkyl carbamates (subject to hydrolysis) is 1. The topological polar surface area (TPSA) is 194 Å². The lowest BCUT2D eigenvalue weighted by molar-refractivity contribution is -0.385. The van der Waals surface area contributed by atoms with Gasteiger partial charge >= 0.3 is 18.0 Å².